The predicted octanol–water partition coefficient (Wildman–Crippen LogP) is 3.06. The van der Waals surface area contributed by atoms with Gasteiger partial charge in [0, 0.05) is 17.6 Å². The summed E-state index contributed by atoms with van der Waals surface area (Å²) in [5.74, 6) is 0. The lowest BCUT2D eigenvalue weighted by Gasteiger charge is -2.20. The summed E-state index contributed by atoms with van der Waals surface area (Å²) >= 11 is 0. The molecule has 1 aromatic heterocycles. The molecule has 90 valence electrons. The molecule has 2 aromatic rings. The molecular weight excluding hydrogens is 210 g/mol. The molecule has 0 amide bonds. The molecule has 0 bridgehead atoms. The second kappa shape index (κ2) is 3.91. The van der Waals surface area contributed by atoms with Crippen molar-refractivity contribution in [3.8, 4) is 5.69 Å². The predicted molar refractivity (Wildman–Crippen MR) is 71.4 cm³/mol. The third-order valence-corrected chi connectivity index (χ3v) is 2.82. The van der Waals surface area contributed by atoms with Crippen LogP contribution in [0.3, 0.4) is 0 Å². The average molecular weight is 229 g/mol. The number of nitrogens with two attached hydrogens (primary N) is 1. The average Bonchev–Trinajstić information content (AvgIpc) is 2.62. The van der Waals surface area contributed by atoms with Gasteiger partial charge in [0.25, 0.3) is 0 Å². The van der Waals surface area contributed by atoms with Crippen LogP contribution in [0.25, 0.3) is 5.69 Å². The van der Waals surface area contributed by atoms with Gasteiger partial charge >= 0.3 is 0 Å². The minimum Gasteiger partial charge on any atom is -0.399 e. The molecule has 3 heteroatoms. The van der Waals surface area contributed by atoms with Crippen molar-refractivity contribution in [2.24, 2.45) is 0 Å². The first-order chi connectivity index (χ1) is 7.86. The van der Waals surface area contributed by atoms with Gasteiger partial charge in [0.2, 0.25) is 0 Å². The van der Waals surface area contributed by atoms with E-state index in [-0.39, 0.29) is 5.41 Å². The highest BCUT2D eigenvalue weighted by atomic mass is 15.0. The molecule has 1 heterocycles. The summed E-state index contributed by atoms with van der Waals surface area (Å²) in [4.78, 5) is 4.24. The molecule has 0 saturated heterocycles. The molecule has 3 nitrogen and oxygen atoms in total. The summed E-state index contributed by atoms with van der Waals surface area (Å²) in [6.45, 7) is 8.54. The van der Waals surface area contributed by atoms with Crippen LogP contribution >= 0.6 is 0 Å². The topological polar surface area (TPSA) is 43.8 Å². The molecule has 2 N–H and O–H groups in total. The maximum Gasteiger partial charge on any atom is 0.0995 e. The van der Waals surface area contributed by atoms with Crippen molar-refractivity contribution < 1.29 is 0 Å². The van der Waals surface area contributed by atoms with Crippen LogP contribution in [0, 0.1) is 6.92 Å². The highest BCUT2D eigenvalue weighted by Gasteiger charge is 2.15. The lowest BCUT2D eigenvalue weighted by molar-refractivity contribution is 0.590. The fraction of sp³-hybridized carbons (Fsp3) is 0.357. The first-order valence-corrected chi connectivity index (χ1v) is 5.78. The standard InChI is InChI=1S/C14H19N3/c1-10-8-17(9-16-10)13-6-11(14(2,3)4)5-12(15)7-13/h5-9H,15H2,1-4H3. The third kappa shape index (κ3) is 2.49. The van der Waals surface area contributed by atoms with Gasteiger partial charge in [-0.2, -0.15) is 0 Å². The molecule has 0 aliphatic rings. The molecule has 0 atom stereocenters. The smallest absolute Gasteiger partial charge is 0.0995 e. The van der Waals surface area contributed by atoms with E-state index in [1.54, 1.807) is 0 Å². The van der Waals surface area contributed by atoms with Crippen molar-refractivity contribution in [3.05, 3.63) is 42.0 Å². The Hall–Kier alpha value is -1.77. The number of aryl methyl sites for hydroxylation is 1. The van der Waals surface area contributed by atoms with Gasteiger partial charge in [-0.3, -0.25) is 0 Å². The lowest BCUT2D eigenvalue weighted by atomic mass is 9.86. The maximum absolute atomic E-state index is 5.97. The van der Waals surface area contributed by atoms with Crippen molar-refractivity contribution in [3.63, 3.8) is 0 Å². The third-order valence-electron chi connectivity index (χ3n) is 2.82. The summed E-state index contributed by atoms with van der Waals surface area (Å²) in [5.41, 5.74) is 10.2. The zero-order valence-electron chi connectivity index (χ0n) is 10.9. The van der Waals surface area contributed by atoms with Crippen LogP contribution in [0.5, 0.6) is 0 Å². The van der Waals surface area contributed by atoms with Crippen molar-refractivity contribution >= 4 is 5.69 Å². The Balaban J connectivity index is 2.52. The second-order valence-corrected chi connectivity index (χ2v) is 5.49. The number of hydrogen-bond acceptors (Lipinski definition) is 2. The lowest BCUT2D eigenvalue weighted by Crippen LogP contribution is -2.12. The molecule has 0 unspecified atom stereocenters. The van der Waals surface area contributed by atoms with Crippen molar-refractivity contribution in [1.29, 1.82) is 0 Å². The molecule has 0 aliphatic heterocycles. The van der Waals surface area contributed by atoms with Crippen LogP contribution in [0.4, 0.5) is 5.69 Å². The Labute approximate surface area is 102 Å². The van der Waals surface area contributed by atoms with Gasteiger partial charge in [0.1, 0.15) is 0 Å². The molecule has 2 rings (SSSR count). The van der Waals surface area contributed by atoms with Gasteiger partial charge in [-0.1, -0.05) is 20.8 Å². The van der Waals surface area contributed by atoms with Crippen molar-refractivity contribution in [1.82, 2.24) is 9.55 Å². The number of imidazole rings is 1. The van der Waals surface area contributed by atoms with Crippen LogP contribution < -0.4 is 5.73 Å². The Bertz CT molecular complexity index is 533. The van der Waals surface area contributed by atoms with Crippen molar-refractivity contribution in [2.45, 2.75) is 33.1 Å². The van der Waals surface area contributed by atoms with E-state index in [0.29, 0.717) is 0 Å². The monoisotopic (exact) mass is 229 g/mol. The number of benzene rings is 1. The van der Waals surface area contributed by atoms with Gasteiger partial charge in [0.05, 0.1) is 12.0 Å². The van der Waals surface area contributed by atoms with E-state index in [2.05, 4.69) is 31.8 Å². The van der Waals surface area contributed by atoms with Gasteiger partial charge < -0.3 is 10.3 Å². The highest BCUT2D eigenvalue weighted by Crippen LogP contribution is 2.27. The minimum atomic E-state index is 0.0970. The summed E-state index contributed by atoms with van der Waals surface area (Å²) in [5, 5.41) is 0. The van der Waals surface area contributed by atoms with Gasteiger partial charge in [-0.25, -0.2) is 4.98 Å². The number of anilines is 1. The SMILES string of the molecule is Cc1cn(-c2cc(N)cc(C(C)(C)C)c2)cn1. The molecule has 0 fully saturated rings. The second-order valence-electron chi connectivity index (χ2n) is 5.49. The van der Waals surface area contributed by atoms with Gasteiger partial charge in [-0.05, 0) is 36.1 Å². The first-order valence-electron chi connectivity index (χ1n) is 5.78. The highest BCUT2D eigenvalue weighted by molar-refractivity contribution is 5.52. The Morgan fingerprint density at radius 2 is 1.88 bits per heavy atom. The molecule has 0 aliphatic carbocycles. The molecule has 0 spiro atoms. The fourth-order valence-corrected chi connectivity index (χ4v) is 1.78. The summed E-state index contributed by atoms with van der Waals surface area (Å²) in [6.07, 6.45) is 3.82. The van der Waals surface area contributed by atoms with E-state index in [1.165, 1.54) is 5.56 Å². The van der Waals surface area contributed by atoms with Gasteiger partial charge in [-0.15, -0.1) is 0 Å². The van der Waals surface area contributed by atoms with Crippen LogP contribution in [0.15, 0.2) is 30.7 Å². The molecular formula is C14H19N3. The number of rotatable bonds is 1. The Morgan fingerprint density at radius 3 is 2.41 bits per heavy atom. The van der Waals surface area contributed by atoms with Crippen LogP contribution in [0.2, 0.25) is 0 Å². The zero-order chi connectivity index (χ0) is 12.6. The molecule has 1 aromatic carbocycles. The van der Waals surface area contributed by atoms with E-state index >= 15 is 0 Å². The molecule has 0 radical (unpaired) electrons. The van der Waals surface area contributed by atoms with E-state index in [0.717, 1.165) is 17.1 Å². The molecule has 17 heavy (non-hydrogen) atoms. The zero-order valence-corrected chi connectivity index (χ0v) is 10.9. The summed E-state index contributed by atoms with van der Waals surface area (Å²) < 4.78 is 2.00. The maximum atomic E-state index is 5.97. The molecule has 0 saturated carbocycles. The number of nitrogens with zero attached hydrogens (tertiary/aromatic N) is 2. The fourth-order valence-electron chi connectivity index (χ4n) is 1.78. The number of nitrogen functional groups attached to an aromatic ring is 1. The quantitative estimate of drug-likeness (QED) is 0.764. The van der Waals surface area contributed by atoms with E-state index < -0.39 is 0 Å². The minimum absolute atomic E-state index is 0.0970. The number of hydrogen-bond donors (Lipinski definition) is 1. The van der Waals surface area contributed by atoms with E-state index in [4.69, 9.17) is 5.73 Å². The largest absolute Gasteiger partial charge is 0.399 e. The van der Waals surface area contributed by atoms with Crippen molar-refractivity contribution in [2.75, 3.05) is 5.73 Å². The number of aromatic nitrogens is 2. The summed E-state index contributed by atoms with van der Waals surface area (Å²) in [6, 6.07) is 6.17. The van der Waals surface area contributed by atoms with Crippen LogP contribution in [0.1, 0.15) is 32.0 Å². The first kappa shape index (κ1) is 11.7. The van der Waals surface area contributed by atoms with E-state index in [9.17, 15) is 0 Å². The Morgan fingerprint density at radius 1 is 1.18 bits per heavy atom. The summed E-state index contributed by atoms with van der Waals surface area (Å²) in [7, 11) is 0. The Kier molecular flexibility index (Phi) is 2.69. The van der Waals surface area contributed by atoms with E-state index in [1.807, 2.05) is 36.1 Å². The van der Waals surface area contributed by atoms with Crippen LogP contribution in [-0.2, 0) is 5.41 Å². The van der Waals surface area contributed by atoms with Gasteiger partial charge in [0.15, 0.2) is 0 Å². The normalized spacial score (nSPS) is 11.8. The van der Waals surface area contributed by atoms with Crippen LogP contribution in [-0.4, -0.2) is 9.55 Å².